The second-order valence-corrected chi connectivity index (χ2v) is 13.6. The van der Waals surface area contributed by atoms with Gasteiger partial charge < -0.3 is 23.9 Å². The molecule has 3 aromatic heterocycles. The highest BCUT2D eigenvalue weighted by atomic mass is 19.2. The van der Waals surface area contributed by atoms with E-state index in [0.29, 0.717) is 60.8 Å². The SMILES string of the molecule is O=C1CCC(N2C(=O)c3ccc(OCCOCCOCCOCCCCCCc4ccc(-c5cc6[nH]c7ccncc7c6c(F)c5F)cn4)cc3C2=O)C(=O)N1. The molecule has 0 bridgehead atoms. The fourth-order valence-electron chi connectivity index (χ4n) is 6.94. The first-order valence-corrected chi connectivity index (χ1v) is 18.7. The Balaban J connectivity index is 0.702. The van der Waals surface area contributed by atoms with E-state index in [-0.39, 0.29) is 48.1 Å². The van der Waals surface area contributed by atoms with Crippen LogP contribution in [0.4, 0.5) is 8.78 Å². The number of halogens is 2. The number of carbonyl (C=O) groups excluding carboxylic acids is 4. The average Bonchev–Trinajstić information content (AvgIpc) is 3.69. The van der Waals surface area contributed by atoms with Crippen LogP contribution in [0.15, 0.2) is 61.1 Å². The van der Waals surface area contributed by atoms with Gasteiger partial charge in [0, 0.05) is 64.7 Å². The molecule has 1 saturated heterocycles. The van der Waals surface area contributed by atoms with Gasteiger partial charge in [0.25, 0.3) is 11.8 Å². The first kappa shape index (κ1) is 38.6. The van der Waals surface area contributed by atoms with Crippen molar-refractivity contribution in [1.29, 1.82) is 0 Å². The van der Waals surface area contributed by atoms with Crippen molar-refractivity contribution in [2.75, 3.05) is 46.2 Å². The summed E-state index contributed by atoms with van der Waals surface area (Å²) >= 11 is 0. The van der Waals surface area contributed by atoms with Crippen molar-refractivity contribution >= 4 is 45.4 Å². The van der Waals surface area contributed by atoms with Crippen molar-refractivity contribution in [1.82, 2.24) is 25.2 Å². The number of piperidine rings is 1. The Bertz CT molecular complexity index is 2250. The predicted octanol–water partition coefficient (Wildman–Crippen LogP) is 5.69. The Morgan fingerprint density at radius 2 is 1.48 bits per heavy atom. The number of hydrogen-bond acceptors (Lipinski definition) is 10. The second-order valence-electron chi connectivity index (χ2n) is 13.6. The van der Waals surface area contributed by atoms with Crippen molar-refractivity contribution in [3.8, 4) is 16.9 Å². The summed E-state index contributed by atoms with van der Waals surface area (Å²) in [6.07, 6.45) is 9.58. The molecule has 56 heavy (non-hydrogen) atoms. The molecule has 0 aliphatic carbocycles. The van der Waals surface area contributed by atoms with Crippen LogP contribution in [0.25, 0.3) is 32.9 Å². The number of benzene rings is 2. The number of pyridine rings is 2. The molecule has 2 N–H and O–H groups in total. The van der Waals surface area contributed by atoms with Crippen LogP contribution >= 0.6 is 0 Å². The molecule has 2 aliphatic rings. The van der Waals surface area contributed by atoms with Crippen LogP contribution in [0.3, 0.4) is 0 Å². The minimum absolute atomic E-state index is 0.0572. The Labute approximate surface area is 320 Å². The van der Waals surface area contributed by atoms with Gasteiger partial charge in [-0.1, -0.05) is 18.9 Å². The third-order valence-electron chi connectivity index (χ3n) is 9.83. The third-order valence-corrected chi connectivity index (χ3v) is 9.83. The lowest BCUT2D eigenvalue weighted by molar-refractivity contribution is -0.136. The van der Waals surface area contributed by atoms with E-state index in [1.165, 1.54) is 18.3 Å². The maximum absolute atomic E-state index is 15.1. The fourth-order valence-corrected chi connectivity index (χ4v) is 6.94. The average molecular weight is 770 g/mol. The number of aryl methyl sites for hydroxylation is 1. The largest absolute Gasteiger partial charge is 0.491 e. The smallest absolute Gasteiger partial charge is 0.262 e. The van der Waals surface area contributed by atoms with Crippen molar-refractivity contribution in [3.05, 3.63) is 89.5 Å². The topological polar surface area (TPSA) is 162 Å². The maximum Gasteiger partial charge on any atom is 0.262 e. The summed E-state index contributed by atoms with van der Waals surface area (Å²) in [4.78, 5) is 62.1. The number of fused-ring (bicyclic) bond motifs is 4. The van der Waals surface area contributed by atoms with Gasteiger partial charge >= 0.3 is 0 Å². The second kappa shape index (κ2) is 17.9. The van der Waals surface area contributed by atoms with Crippen LogP contribution in [-0.2, 0) is 30.2 Å². The van der Waals surface area contributed by atoms with Gasteiger partial charge in [0.05, 0.1) is 49.7 Å². The molecule has 5 heterocycles. The number of ether oxygens (including phenoxy) is 4. The first-order valence-electron chi connectivity index (χ1n) is 18.7. The van der Waals surface area contributed by atoms with Crippen LogP contribution in [0, 0.1) is 11.6 Å². The molecule has 2 aromatic carbocycles. The molecule has 15 heteroatoms. The number of nitrogens with zero attached hydrogens (tertiary/aromatic N) is 3. The number of imide groups is 2. The summed E-state index contributed by atoms with van der Waals surface area (Å²) in [6.45, 7) is 2.84. The highest BCUT2D eigenvalue weighted by Crippen LogP contribution is 2.35. The number of aromatic amines is 1. The van der Waals surface area contributed by atoms with Gasteiger partial charge in [-0.2, -0.15) is 0 Å². The van der Waals surface area contributed by atoms with E-state index in [4.69, 9.17) is 18.9 Å². The Morgan fingerprint density at radius 1 is 0.732 bits per heavy atom. The minimum atomic E-state index is -1.02. The molecule has 7 rings (SSSR count). The number of aromatic nitrogens is 3. The van der Waals surface area contributed by atoms with Gasteiger partial charge in [-0.15, -0.1) is 0 Å². The molecule has 4 amide bonds. The Hall–Kier alpha value is -5.64. The molecule has 13 nitrogen and oxygen atoms in total. The van der Waals surface area contributed by atoms with Crippen LogP contribution in [-0.4, -0.2) is 95.8 Å². The first-order chi connectivity index (χ1) is 27.3. The molecule has 0 radical (unpaired) electrons. The Morgan fingerprint density at radius 3 is 2.25 bits per heavy atom. The van der Waals surface area contributed by atoms with Crippen LogP contribution in [0.2, 0.25) is 0 Å². The lowest BCUT2D eigenvalue weighted by Gasteiger charge is -2.27. The number of carbonyl (C=O) groups is 4. The zero-order valence-corrected chi connectivity index (χ0v) is 30.6. The molecule has 0 spiro atoms. The maximum atomic E-state index is 15.1. The molecule has 1 fully saturated rings. The van der Waals surface area contributed by atoms with Crippen molar-refractivity contribution < 1.29 is 46.9 Å². The highest BCUT2D eigenvalue weighted by Gasteiger charge is 2.44. The van der Waals surface area contributed by atoms with Gasteiger partial charge in [-0.3, -0.25) is 39.4 Å². The number of nitrogens with one attached hydrogen (secondary N) is 2. The van der Waals surface area contributed by atoms with Crippen molar-refractivity contribution in [2.45, 2.75) is 51.0 Å². The summed E-state index contributed by atoms with van der Waals surface area (Å²) in [5.74, 6) is -3.65. The Kier molecular flexibility index (Phi) is 12.3. The lowest BCUT2D eigenvalue weighted by Crippen LogP contribution is -2.54. The van der Waals surface area contributed by atoms with Gasteiger partial charge in [-0.25, -0.2) is 8.78 Å². The number of unbranched alkanes of at least 4 members (excludes halogenated alkanes) is 3. The summed E-state index contributed by atoms with van der Waals surface area (Å²) in [7, 11) is 0. The van der Waals surface area contributed by atoms with E-state index >= 15 is 8.78 Å². The van der Waals surface area contributed by atoms with Gasteiger partial charge in [0.1, 0.15) is 18.4 Å². The van der Waals surface area contributed by atoms with E-state index in [1.807, 2.05) is 6.07 Å². The summed E-state index contributed by atoms with van der Waals surface area (Å²) in [5, 5.41) is 2.92. The monoisotopic (exact) mass is 769 g/mol. The standard InChI is InChI=1S/C41H41F2N5O8/c42-37-29(22-33-36(38(37)43)31-24-44-13-12-32(31)46-33)25-6-7-26(45-23-25)5-3-1-2-4-14-53-15-16-54-17-18-55-19-20-56-27-8-9-28-30(21-27)41(52)48(40(28)51)34-10-11-35(49)47-39(34)50/h6-9,12-13,21-24,34,46H,1-5,10-11,14-20H2,(H,47,49,50). The summed E-state index contributed by atoms with van der Waals surface area (Å²) < 4.78 is 52.6. The molecular weight excluding hydrogens is 728 g/mol. The molecule has 2 aliphatic heterocycles. The number of amides is 4. The quantitative estimate of drug-likeness (QED) is 0.0789. The minimum Gasteiger partial charge on any atom is -0.491 e. The number of rotatable bonds is 19. The molecule has 1 atom stereocenters. The molecule has 1 unspecified atom stereocenters. The summed E-state index contributed by atoms with van der Waals surface area (Å²) in [5.41, 5.74) is 3.12. The van der Waals surface area contributed by atoms with E-state index in [2.05, 4.69) is 20.3 Å². The highest BCUT2D eigenvalue weighted by molar-refractivity contribution is 6.23. The van der Waals surface area contributed by atoms with E-state index in [9.17, 15) is 19.2 Å². The molecule has 5 aromatic rings. The van der Waals surface area contributed by atoms with Crippen LogP contribution in [0.1, 0.15) is 64.9 Å². The van der Waals surface area contributed by atoms with Crippen molar-refractivity contribution in [2.24, 2.45) is 0 Å². The molecular formula is C41H41F2N5O8. The normalized spacial score (nSPS) is 15.6. The van der Waals surface area contributed by atoms with Gasteiger partial charge in [0.2, 0.25) is 11.8 Å². The summed E-state index contributed by atoms with van der Waals surface area (Å²) in [6, 6.07) is 10.5. The van der Waals surface area contributed by atoms with E-state index in [1.54, 1.807) is 36.7 Å². The zero-order chi connectivity index (χ0) is 39.0. The zero-order valence-electron chi connectivity index (χ0n) is 30.6. The van der Waals surface area contributed by atoms with E-state index < -0.39 is 41.3 Å². The number of hydrogen-bond donors (Lipinski definition) is 2. The molecule has 292 valence electrons. The van der Waals surface area contributed by atoms with Gasteiger partial charge in [0.15, 0.2) is 11.6 Å². The van der Waals surface area contributed by atoms with Crippen molar-refractivity contribution in [3.63, 3.8) is 0 Å². The van der Waals surface area contributed by atoms with Crippen LogP contribution in [0.5, 0.6) is 5.75 Å². The van der Waals surface area contributed by atoms with E-state index in [0.717, 1.165) is 42.7 Å². The van der Waals surface area contributed by atoms with Gasteiger partial charge in [-0.05, 0) is 62.1 Å². The number of H-pyrrole nitrogens is 1. The third kappa shape index (κ3) is 8.59. The fraction of sp³-hybridized carbons (Fsp3) is 0.366. The van der Waals surface area contributed by atoms with Crippen LogP contribution < -0.4 is 10.1 Å². The molecule has 0 saturated carbocycles. The lowest BCUT2D eigenvalue weighted by atomic mass is 10.0. The predicted molar refractivity (Wildman–Crippen MR) is 200 cm³/mol.